The molecule has 1 saturated carbocycles. The van der Waals surface area contributed by atoms with Crippen LogP contribution in [0.3, 0.4) is 0 Å². The number of rotatable bonds is 3. The van der Waals surface area contributed by atoms with Crippen LogP contribution in [0.25, 0.3) is 0 Å². The van der Waals surface area contributed by atoms with Gasteiger partial charge in [0.05, 0.1) is 0 Å². The van der Waals surface area contributed by atoms with Crippen LogP contribution in [0, 0.1) is 29.6 Å². The molecule has 1 fully saturated rings. The molecule has 0 N–H and O–H groups in total. The molecule has 0 spiro atoms. The fraction of sp³-hybridized carbons (Fsp3) is 0.312. The zero-order valence-electron chi connectivity index (χ0n) is 19.3. The summed E-state index contributed by atoms with van der Waals surface area (Å²) >= 11 is 0. The molecule has 0 saturated heterocycles. The monoisotopic (exact) mass is 416 g/mol. The van der Waals surface area contributed by atoms with E-state index in [4.69, 9.17) is 0 Å². The molecular weight excluding hydrogens is 384 g/mol. The Labute approximate surface area is 194 Å². The molecule has 0 bridgehead atoms. The minimum absolute atomic E-state index is 0.529. The molecule has 0 amide bonds. The lowest BCUT2D eigenvalue weighted by molar-refractivity contribution is 0.384. The van der Waals surface area contributed by atoms with E-state index in [0.717, 1.165) is 29.5 Å². The van der Waals surface area contributed by atoms with Crippen LogP contribution in [0.2, 0.25) is 0 Å². The normalized spacial score (nSPS) is 17.6. The third-order valence-electron chi connectivity index (χ3n) is 6.61. The van der Waals surface area contributed by atoms with Gasteiger partial charge in [-0.05, 0) is 97.5 Å². The molecular formula is C32H32. The second kappa shape index (κ2) is 10.9. The lowest BCUT2D eigenvalue weighted by Gasteiger charge is -2.26. The van der Waals surface area contributed by atoms with Crippen molar-refractivity contribution in [2.75, 3.05) is 0 Å². The molecule has 0 radical (unpaired) electrons. The van der Waals surface area contributed by atoms with Crippen molar-refractivity contribution in [1.82, 2.24) is 0 Å². The molecule has 32 heavy (non-hydrogen) atoms. The zero-order valence-corrected chi connectivity index (χ0v) is 19.3. The summed E-state index contributed by atoms with van der Waals surface area (Å²) in [5.41, 5.74) is 7.48. The van der Waals surface area contributed by atoms with Crippen LogP contribution < -0.4 is 0 Å². The van der Waals surface area contributed by atoms with Gasteiger partial charge in [0.25, 0.3) is 0 Å². The quantitative estimate of drug-likeness (QED) is 0.387. The SMILES string of the molecule is CCc1ccc(C#Cc2ccc(C3CCC(C#Cc4ccc(CC)cc4)CC3)cc2)cc1. The van der Waals surface area contributed by atoms with Crippen molar-refractivity contribution < 1.29 is 0 Å². The van der Waals surface area contributed by atoms with Crippen LogP contribution in [0.15, 0.2) is 72.8 Å². The second-order valence-corrected chi connectivity index (χ2v) is 8.79. The van der Waals surface area contributed by atoms with Crippen LogP contribution in [0.1, 0.15) is 78.8 Å². The van der Waals surface area contributed by atoms with E-state index in [2.05, 4.69) is 110 Å². The zero-order chi connectivity index (χ0) is 22.2. The van der Waals surface area contributed by atoms with Gasteiger partial charge < -0.3 is 0 Å². The molecule has 0 aromatic heterocycles. The van der Waals surface area contributed by atoms with Crippen molar-refractivity contribution in [2.45, 2.75) is 58.3 Å². The van der Waals surface area contributed by atoms with Crippen LogP contribution in [0.4, 0.5) is 0 Å². The van der Waals surface area contributed by atoms with Gasteiger partial charge in [-0.1, -0.05) is 73.9 Å². The minimum Gasteiger partial charge on any atom is -0.0945 e. The highest BCUT2D eigenvalue weighted by Gasteiger charge is 2.21. The van der Waals surface area contributed by atoms with E-state index >= 15 is 0 Å². The molecule has 3 aromatic carbocycles. The molecule has 1 aliphatic carbocycles. The van der Waals surface area contributed by atoms with Gasteiger partial charge in [0.15, 0.2) is 0 Å². The third-order valence-corrected chi connectivity index (χ3v) is 6.61. The Balaban J connectivity index is 1.31. The first-order chi connectivity index (χ1) is 15.7. The van der Waals surface area contributed by atoms with Gasteiger partial charge in [-0.25, -0.2) is 0 Å². The first kappa shape index (κ1) is 22.0. The maximum absolute atomic E-state index is 3.53. The standard InChI is InChI=1S/C32H32/c1-3-25-5-9-27(10-6-25)13-15-29-17-21-31(22-18-29)32-23-19-30(20-24-32)16-14-28-11-7-26(4-2)8-12-28/h5-12,17-18,21-22,30,32H,3-4,19-20,23-24H2,1-2H3. The molecule has 1 aliphatic rings. The van der Waals surface area contributed by atoms with Crippen molar-refractivity contribution in [2.24, 2.45) is 5.92 Å². The lowest BCUT2D eigenvalue weighted by atomic mass is 9.79. The van der Waals surface area contributed by atoms with Gasteiger partial charge >= 0.3 is 0 Å². The van der Waals surface area contributed by atoms with E-state index in [9.17, 15) is 0 Å². The van der Waals surface area contributed by atoms with E-state index in [0.29, 0.717) is 11.8 Å². The van der Waals surface area contributed by atoms with Crippen molar-refractivity contribution in [3.05, 3.63) is 106 Å². The van der Waals surface area contributed by atoms with Crippen LogP contribution in [-0.2, 0) is 12.8 Å². The molecule has 3 aromatic rings. The van der Waals surface area contributed by atoms with Gasteiger partial charge in [0, 0.05) is 22.6 Å². The van der Waals surface area contributed by atoms with Gasteiger partial charge in [-0.15, -0.1) is 0 Å². The Morgan fingerprint density at radius 1 is 0.562 bits per heavy atom. The number of hydrogen-bond donors (Lipinski definition) is 0. The van der Waals surface area contributed by atoms with Crippen molar-refractivity contribution in [3.63, 3.8) is 0 Å². The molecule has 0 aliphatic heterocycles. The van der Waals surface area contributed by atoms with Crippen molar-refractivity contribution in [1.29, 1.82) is 0 Å². The Morgan fingerprint density at radius 2 is 1.00 bits per heavy atom. The summed E-state index contributed by atoms with van der Waals surface area (Å²) in [6.07, 6.45) is 6.99. The summed E-state index contributed by atoms with van der Waals surface area (Å²) in [4.78, 5) is 0. The fourth-order valence-corrected chi connectivity index (χ4v) is 4.39. The largest absolute Gasteiger partial charge is 0.0945 e. The topological polar surface area (TPSA) is 0 Å². The van der Waals surface area contributed by atoms with E-state index in [-0.39, 0.29) is 0 Å². The predicted octanol–water partition coefficient (Wildman–Crippen LogP) is 7.54. The first-order valence-electron chi connectivity index (χ1n) is 12.0. The highest BCUT2D eigenvalue weighted by Crippen LogP contribution is 2.35. The maximum atomic E-state index is 3.53. The van der Waals surface area contributed by atoms with Crippen molar-refractivity contribution >= 4 is 0 Å². The van der Waals surface area contributed by atoms with E-state index in [1.807, 2.05) is 0 Å². The smallest absolute Gasteiger partial charge is 0.0249 e. The summed E-state index contributed by atoms with van der Waals surface area (Å²) < 4.78 is 0. The lowest BCUT2D eigenvalue weighted by Crippen LogP contribution is -2.12. The van der Waals surface area contributed by atoms with Crippen LogP contribution in [-0.4, -0.2) is 0 Å². The fourth-order valence-electron chi connectivity index (χ4n) is 4.39. The van der Waals surface area contributed by atoms with E-state index in [1.54, 1.807) is 0 Å². The average molecular weight is 417 g/mol. The summed E-state index contributed by atoms with van der Waals surface area (Å²) in [5, 5.41) is 0. The summed E-state index contributed by atoms with van der Waals surface area (Å²) in [6.45, 7) is 4.36. The Morgan fingerprint density at radius 3 is 1.47 bits per heavy atom. The Kier molecular flexibility index (Phi) is 7.48. The Hall–Kier alpha value is -3.22. The van der Waals surface area contributed by atoms with Crippen LogP contribution in [0.5, 0.6) is 0 Å². The predicted molar refractivity (Wildman–Crippen MR) is 136 cm³/mol. The van der Waals surface area contributed by atoms with E-state index in [1.165, 1.54) is 42.4 Å². The molecule has 0 heterocycles. The minimum atomic E-state index is 0.529. The summed E-state index contributed by atoms with van der Waals surface area (Å²) in [6, 6.07) is 26.1. The third kappa shape index (κ3) is 5.93. The molecule has 0 nitrogen and oxygen atoms in total. The second-order valence-electron chi connectivity index (χ2n) is 8.79. The van der Waals surface area contributed by atoms with Gasteiger partial charge in [0.2, 0.25) is 0 Å². The molecule has 0 unspecified atom stereocenters. The number of benzene rings is 3. The first-order valence-corrected chi connectivity index (χ1v) is 12.0. The summed E-state index contributed by atoms with van der Waals surface area (Å²) in [7, 11) is 0. The highest BCUT2D eigenvalue weighted by molar-refractivity contribution is 5.44. The van der Waals surface area contributed by atoms with Gasteiger partial charge in [-0.2, -0.15) is 0 Å². The van der Waals surface area contributed by atoms with Gasteiger partial charge in [0.1, 0.15) is 0 Å². The molecule has 0 heteroatoms. The molecule has 160 valence electrons. The molecule has 0 atom stereocenters. The maximum Gasteiger partial charge on any atom is 0.0249 e. The molecule has 4 rings (SSSR count). The van der Waals surface area contributed by atoms with Crippen LogP contribution >= 0.6 is 0 Å². The number of aryl methyl sites for hydroxylation is 2. The summed E-state index contributed by atoms with van der Waals surface area (Å²) in [5.74, 6) is 14.7. The Bertz CT molecular complexity index is 1120. The number of hydrogen-bond acceptors (Lipinski definition) is 0. The average Bonchev–Trinajstić information content (AvgIpc) is 2.87. The highest BCUT2D eigenvalue weighted by atomic mass is 14.2. The van der Waals surface area contributed by atoms with E-state index < -0.39 is 0 Å². The van der Waals surface area contributed by atoms with Gasteiger partial charge in [-0.3, -0.25) is 0 Å². The van der Waals surface area contributed by atoms with Crippen molar-refractivity contribution in [3.8, 4) is 23.7 Å².